The minimum atomic E-state index is 0.135. The first kappa shape index (κ1) is 17.3. The lowest BCUT2D eigenvalue weighted by atomic mass is 9.65. The summed E-state index contributed by atoms with van der Waals surface area (Å²) in [5, 5.41) is 3.23. The van der Waals surface area contributed by atoms with E-state index in [0.29, 0.717) is 5.92 Å². The predicted octanol–water partition coefficient (Wildman–Crippen LogP) is 2.99. The quantitative estimate of drug-likeness (QED) is 0.871. The SMILES string of the molecule is CN(C)CC1CCN(C(=O)NCC2(Cc3ccccc3)CCC2)C1. The van der Waals surface area contributed by atoms with Crippen LogP contribution in [0.1, 0.15) is 31.2 Å². The zero-order chi connectivity index (χ0) is 17.0. The molecule has 3 rings (SSSR count). The molecule has 1 N–H and O–H groups in total. The average molecular weight is 329 g/mol. The zero-order valence-corrected chi connectivity index (χ0v) is 15.1. The molecule has 0 radical (unpaired) electrons. The molecule has 0 aromatic heterocycles. The van der Waals surface area contributed by atoms with Gasteiger partial charge in [-0.1, -0.05) is 36.8 Å². The molecule has 1 aromatic rings. The number of benzene rings is 1. The molecule has 4 nitrogen and oxygen atoms in total. The van der Waals surface area contributed by atoms with Crippen LogP contribution >= 0.6 is 0 Å². The topological polar surface area (TPSA) is 35.6 Å². The molecule has 2 fully saturated rings. The Morgan fingerprint density at radius 2 is 2.04 bits per heavy atom. The molecule has 132 valence electrons. The number of hydrogen-bond donors (Lipinski definition) is 1. The van der Waals surface area contributed by atoms with Gasteiger partial charge in [0.2, 0.25) is 0 Å². The highest BCUT2D eigenvalue weighted by atomic mass is 16.2. The number of amides is 2. The Morgan fingerprint density at radius 3 is 2.67 bits per heavy atom. The summed E-state index contributed by atoms with van der Waals surface area (Å²) >= 11 is 0. The number of nitrogens with one attached hydrogen (secondary N) is 1. The van der Waals surface area contributed by atoms with Gasteiger partial charge in [0, 0.05) is 26.2 Å². The molecule has 0 bridgehead atoms. The van der Waals surface area contributed by atoms with Crippen LogP contribution in [0.4, 0.5) is 4.79 Å². The largest absolute Gasteiger partial charge is 0.337 e. The molecule has 1 saturated heterocycles. The normalized spacial score (nSPS) is 22.5. The van der Waals surface area contributed by atoms with Gasteiger partial charge in [-0.15, -0.1) is 0 Å². The van der Waals surface area contributed by atoms with E-state index in [0.717, 1.165) is 39.0 Å². The third-order valence-corrected chi connectivity index (χ3v) is 5.65. The minimum Gasteiger partial charge on any atom is -0.337 e. The lowest BCUT2D eigenvalue weighted by molar-refractivity contribution is 0.127. The first-order valence-corrected chi connectivity index (χ1v) is 9.28. The monoisotopic (exact) mass is 329 g/mol. The molecule has 1 heterocycles. The fourth-order valence-electron chi connectivity index (χ4n) is 4.18. The highest BCUT2D eigenvalue weighted by Gasteiger charge is 2.38. The van der Waals surface area contributed by atoms with Gasteiger partial charge in [-0.2, -0.15) is 0 Å². The Balaban J connectivity index is 1.48. The van der Waals surface area contributed by atoms with Gasteiger partial charge in [0.15, 0.2) is 0 Å². The first-order chi connectivity index (χ1) is 11.6. The van der Waals surface area contributed by atoms with Gasteiger partial charge in [-0.3, -0.25) is 0 Å². The van der Waals surface area contributed by atoms with E-state index < -0.39 is 0 Å². The molecule has 1 aliphatic heterocycles. The Labute approximate surface area is 146 Å². The predicted molar refractivity (Wildman–Crippen MR) is 98.1 cm³/mol. The van der Waals surface area contributed by atoms with Crippen molar-refractivity contribution >= 4 is 6.03 Å². The van der Waals surface area contributed by atoms with Crippen LogP contribution in [0.5, 0.6) is 0 Å². The Kier molecular flexibility index (Phi) is 5.44. The van der Waals surface area contributed by atoms with E-state index in [1.54, 1.807) is 0 Å². The van der Waals surface area contributed by atoms with E-state index in [-0.39, 0.29) is 11.4 Å². The Hall–Kier alpha value is -1.55. The van der Waals surface area contributed by atoms with Crippen LogP contribution < -0.4 is 5.32 Å². The fourth-order valence-corrected chi connectivity index (χ4v) is 4.18. The van der Waals surface area contributed by atoms with Crippen molar-refractivity contribution in [2.45, 2.75) is 32.1 Å². The van der Waals surface area contributed by atoms with E-state index >= 15 is 0 Å². The summed E-state index contributed by atoms with van der Waals surface area (Å²) in [5.74, 6) is 0.618. The van der Waals surface area contributed by atoms with Crippen molar-refractivity contribution in [2.24, 2.45) is 11.3 Å². The summed E-state index contributed by atoms with van der Waals surface area (Å²) < 4.78 is 0. The molecule has 1 aromatic carbocycles. The van der Waals surface area contributed by atoms with E-state index in [1.807, 2.05) is 4.90 Å². The van der Waals surface area contributed by atoms with Crippen molar-refractivity contribution in [1.82, 2.24) is 15.1 Å². The second-order valence-electron chi connectivity index (χ2n) is 8.04. The van der Waals surface area contributed by atoms with Crippen LogP contribution in [0.3, 0.4) is 0 Å². The highest BCUT2D eigenvalue weighted by Crippen LogP contribution is 2.43. The number of urea groups is 1. The van der Waals surface area contributed by atoms with Gasteiger partial charge in [-0.05, 0) is 56.7 Å². The summed E-state index contributed by atoms with van der Waals surface area (Å²) in [5.41, 5.74) is 1.67. The van der Waals surface area contributed by atoms with Gasteiger partial charge < -0.3 is 15.1 Å². The molecule has 1 atom stereocenters. The van der Waals surface area contributed by atoms with Crippen LogP contribution in [0.15, 0.2) is 30.3 Å². The smallest absolute Gasteiger partial charge is 0.317 e. The van der Waals surface area contributed by atoms with Crippen molar-refractivity contribution in [3.63, 3.8) is 0 Å². The third kappa shape index (κ3) is 4.29. The van der Waals surface area contributed by atoms with Crippen molar-refractivity contribution in [3.05, 3.63) is 35.9 Å². The molecular formula is C20H31N3O. The zero-order valence-electron chi connectivity index (χ0n) is 15.1. The van der Waals surface area contributed by atoms with Gasteiger partial charge in [0.25, 0.3) is 0 Å². The minimum absolute atomic E-state index is 0.135. The van der Waals surface area contributed by atoms with Gasteiger partial charge in [-0.25, -0.2) is 4.79 Å². The van der Waals surface area contributed by atoms with Crippen LogP contribution in [-0.4, -0.2) is 56.1 Å². The van der Waals surface area contributed by atoms with Crippen molar-refractivity contribution < 1.29 is 4.79 Å². The summed E-state index contributed by atoms with van der Waals surface area (Å²) in [6.45, 7) is 3.68. The number of likely N-dealkylation sites (tertiary alicyclic amines) is 1. The lowest BCUT2D eigenvalue weighted by Crippen LogP contribution is -2.47. The Bertz CT molecular complexity index is 539. The number of nitrogens with zero attached hydrogens (tertiary/aromatic N) is 2. The summed E-state index contributed by atoms with van der Waals surface area (Å²) in [6, 6.07) is 10.8. The lowest BCUT2D eigenvalue weighted by Gasteiger charge is -2.42. The van der Waals surface area contributed by atoms with Crippen molar-refractivity contribution in [3.8, 4) is 0 Å². The van der Waals surface area contributed by atoms with Crippen molar-refractivity contribution in [1.29, 1.82) is 0 Å². The van der Waals surface area contributed by atoms with E-state index in [2.05, 4.69) is 54.6 Å². The summed E-state index contributed by atoms with van der Waals surface area (Å²) in [4.78, 5) is 16.7. The molecule has 4 heteroatoms. The molecule has 2 aliphatic rings. The van der Waals surface area contributed by atoms with Gasteiger partial charge >= 0.3 is 6.03 Å². The maximum atomic E-state index is 12.5. The van der Waals surface area contributed by atoms with Gasteiger partial charge in [0.05, 0.1) is 0 Å². The number of carbonyl (C=O) groups excluding carboxylic acids is 1. The van der Waals surface area contributed by atoms with E-state index in [9.17, 15) is 4.79 Å². The van der Waals surface area contributed by atoms with E-state index in [4.69, 9.17) is 0 Å². The first-order valence-electron chi connectivity index (χ1n) is 9.28. The molecule has 2 amide bonds. The van der Waals surface area contributed by atoms with Crippen molar-refractivity contribution in [2.75, 3.05) is 40.3 Å². The van der Waals surface area contributed by atoms with Crippen LogP contribution in [0.2, 0.25) is 0 Å². The molecule has 1 unspecified atom stereocenters. The van der Waals surface area contributed by atoms with Crippen LogP contribution in [0.25, 0.3) is 0 Å². The molecule has 24 heavy (non-hydrogen) atoms. The molecule has 0 spiro atoms. The highest BCUT2D eigenvalue weighted by molar-refractivity contribution is 5.74. The number of carbonyl (C=O) groups is 1. The van der Waals surface area contributed by atoms with Crippen LogP contribution in [0, 0.1) is 11.3 Å². The average Bonchev–Trinajstić information content (AvgIpc) is 2.98. The number of hydrogen-bond acceptors (Lipinski definition) is 2. The second kappa shape index (κ2) is 7.56. The summed E-state index contributed by atoms with van der Waals surface area (Å²) in [7, 11) is 4.21. The second-order valence-corrected chi connectivity index (χ2v) is 8.04. The third-order valence-electron chi connectivity index (χ3n) is 5.65. The number of rotatable bonds is 6. The summed E-state index contributed by atoms with van der Waals surface area (Å²) in [6.07, 6.45) is 5.95. The van der Waals surface area contributed by atoms with Gasteiger partial charge in [0.1, 0.15) is 0 Å². The molecule has 1 aliphatic carbocycles. The maximum absolute atomic E-state index is 12.5. The Morgan fingerprint density at radius 1 is 1.29 bits per heavy atom. The molecular weight excluding hydrogens is 298 g/mol. The molecule has 1 saturated carbocycles. The maximum Gasteiger partial charge on any atom is 0.317 e. The van der Waals surface area contributed by atoms with Crippen LogP contribution in [-0.2, 0) is 6.42 Å². The standard InChI is InChI=1S/C20H31N3O/c1-22(2)14-18-9-12-23(15-18)19(24)21-16-20(10-6-11-20)13-17-7-4-3-5-8-17/h3-5,7-8,18H,6,9-16H2,1-2H3,(H,21,24). The van der Waals surface area contributed by atoms with E-state index in [1.165, 1.54) is 24.8 Å². The fraction of sp³-hybridized carbons (Fsp3) is 0.650.